The standard InChI is InChI=1S/C48H33N/c1-2-14-37(15-3-1)43-23-10-19-38-20-11-24-45(48(38)43)44-22-8-9-25-47(44)49(46-26-12-18-36-16-6-7-21-42(36)46)41-31-29-35(30-32-41)40-28-27-34-13-4-5-17-39(34)33-40/h1-33H. The molecule has 0 aromatic heterocycles. The van der Waals surface area contributed by atoms with E-state index in [2.05, 4.69) is 205 Å². The predicted octanol–water partition coefficient (Wildman–Crippen LogP) is 13.6. The van der Waals surface area contributed by atoms with Crippen LogP contribution in [0.3, 0.4) is 0 Å². The van der Waals surface area contributed by atoms with E-state index in [1.54, 1.807) is 0 Å². The molecule has 0 spiro atoms. The van der Waals surface area contributed by atoms with Crippen LogP contribution in [0.1, 0.15) is 0 Å². The van der Waals surface area contributed by atoms with Crippen molar-refractivity contribution in [3.8, 4) is 33.4 Å². The fourth-order valence-electron chi connectivity index (χ4n) is 7.30. The Kier molecular flexibility index (Phi) is 7.22. The van der Waals surface area contributed by atoms with Gasteiger partial charge in [-0.15, -0.1) is 0 Å². The molecule has 49 heavy (non-hydrogen) atoms. The number of anilines is 3. The zero-order valence-corrected chi connectivity index (χ0v) is 27.0. The Bertz CT molecular complexity index is 2590. The first-order valence-electron chi connectivity index (χ1n) is 16.9. The lowest BCUT2D eigenvalue weighted by Gasteiger charge is -2.29. The van der Waals surface area contributed by atoms with Gasteiger partial charge in [-0.05, 0) is 85.1 Å². The van der Waals surface area contributed by atoms with Crippen LogP contribution in [-0.4, -0.2) is 0 Å². The number of hydrogen-bond acceptors (Lipinski definition) is 1. The Labute approximate surface area is 287 Å². The second kappa shape index (κ2) is 12.3. The molecule has 0 saturated heterocycles. The molecule has 0 N–H and O–H groups in total. The fourth-order valence-corrected chi connectivity index (χ4v) is 7.30. The van der Waals surface area contributed by atoms with Crippen molar-refractivity contribution in [2.45, 2.75) is 0 Å². The normalized spacial score (nSPS) is 11.3. The minimum Gasteiger partial charge on any atom is -0.309 e. The summed E-state index contributed by atoms with van der Waals surface area (Å²) in [6.45, 7) is 0. The van der Waals surface area contributed by atoms with Crippen molar-refractivity contribution in [2.24, 2.45) is 0 Å². The van der Waals surface area contributed by atoms with Crippen molar-refractivity contribution in [3.05, 3.63) is 200 Å². The first-order valence-corrected chi connectivity index (χ1v) is 16.9. The van der Waals surface area contributed by atoms with Crippen molar-refractivity contribution < 1.29 is 0 Å². The van der Waals surface area contributed by atoms with E-state index in [4.69, 9.17) is 0 Å². The van der Waals surface area contributed by atoms with Crippen molar-refractivity contribution in [1.29, 1.82) is 0 Å². The third kappa shape index (κ3) is 5.23. The fraction of sp³-hybridized carbons (Fsp3) is 0. The Morgan fingerprint density at radius 2 is 0.857 bits per heavy atom. The number of fused-ring (bicyclic) bond motifs is 3. The van der Waals surface area contributed by atoms with E-state index in [-0.39, 0.29) is 0 Å². The highest BCUT2D eigenvalue weighted by molar-refractivity contribution is 6.09. The average molecular weight is 624 g/mol. The zero-order chi connectivity index (χ0) is 32.6. The number of rotatable bonds is 6. The summed E-state index contributed by atoms with van der Waals surface area (Å²) in [6.07, 6.45) is 0. The Morgan fingerprint density at radius 1 is 0.286 bits per heavy atom. The average Bonchev–Trinajstić information content (AvgIpc) is 3.18. The van der Waals surface area contributed by atoms with Gasteiger partial charge in [0, 0.05) is 16.6 Å². The van der Waals surface area contributed by atoms with Gasteiger partial charge in [-0.1, -0.05) is 170 Å². The van der Waals surface area contributed by atoms with Crippen LogP contribution in [0.15, 0.2) is 200 Å². The van der Waals surface area contributed by atoms with Gasteiger partial charge < -0.3 is 4.90 Å². The molecule has 0 aliphatic heterocycles. The summed E-state index contributed by atoms with van der Waals surface area (Å²) in [4.78, 5) is 2.44. The molecule has 9 rings (SSSR count). The third-order valence-electron chi connectivity index (χ3n) is 9.64. The summed E-state index contributed by atoms with van der Waals surface area (Å²) >= 11 is 0. The maximum atomic E-state index is 2.44. The van der Waals surface area contributed by atoms with Gasteiger partial charge in [0.25, 0.3) is 0 Å². The highest BCUT2D eigenvalue weighted by atomic mass is 15.1. The van der Waals surface area contributed by atoms with Gasteiger partial charge in [0.05, 0.1) is 11.4 Å². The SMILES string of the molecule is c1ccc(-c2cccc3cccc(-c4ccccc4N(c4ccc(-c5ccc6ccccc6c5)cc4)c4cccc5ccccc45)c23)cc1. The molecule has 0 saturated carbocycles. The maximum Gasteiger partial charge on any atom is 0.0540 e. The third-order valence-corrected chi connectivity index (χ3v) is 9.64. The van der Waals surface area contributed by atoms with Gasteiger partial charge in [0.1, 0.15) is 0 Å². The zero-order valence-electron chi connectivity index (χ0n) is 27.0. The number of para-hydroxylation sites is 1. The molecule has 0 unspecified atom stereocenters. The first kappa shape index (κ1) is 28.8. The van der Waals surface area contributed by atoms with Gasteiger partial charge in [-0.25, -0.2) is 0 Å². The molecule has 0 aliphatic rings. The second-order valence-electron chi connectivity index (χ2n) is 12.5. The van der Waals surface area contributed by atoms with Gasteiger partial charge in [-0.2, -0.15) is 0 Å². The Hall–Kier alpha value is -6.44. The molecule has 9 aromatic carbocycles. The van der Waals surface area contributed by atoms with Crippen LogP contribution in [0.4, 0.5) is 17.1 Å². The second-order valence-corrected chi connectivity index (χ2v) is 12.5. The maximum absolute atomic E-state index is 2.44. The van der Waals surface area contributed by atoms with E-state index in [9.17, 15) is 0 Å². The van der Waals surface area contributed by atoms with Gasteiger partial charge in [0.2, 0.25) is 0 Å². The molecule has 230 valence electrons. The molecular weight excluding hydrogens is 591 g/mol. The quantitative estimate of drug-likeness (QED) is 0.178. The Morgan fingerprint density at radius 3 is 1.69 bits per heavy atom. The van der Waals surface area contributed by atoms with E-state index < -0.39 is 0 Å². The molecule has 0 bridgehead atoms. The van der Waals surface area contributed by atoms with Gasteiger partial charge in [-0.3, -0.25) is 0 Å². The summed E-state index contributed by atoms with van der Waals surface area (Å²) in [7, 11) is 0. The largest absolute Gasteiger partial charge is 0.309 e. The van der Waals surface area contributed by atoms with E-state index in [1.165, 1.54) is 65.7 Å². The van der Waals surface area contributed by atoms with Crippen LogP contribution in [0.25, 0.3) is 65.7 Å². The number of hydrogen-bond donors (Lipinski definition) is 0. The molecule has 0 fully saturated rings. The molecule has 0 radical (unpaired) electrons. The molecule has 1 nitrogen and oxygen atoms in total. The van der Waals surface area contributed by atoms with E-state index >= 15 is 0 Å². The summed E-state index contributed by atoms with van der Waals surface area (Å²) in [6, 6.07) is 72.5. The van der Waals surface area contributed by atoms with Crippen LogP contribution >= 0.6 is 0 Å². The van der Waals surface area contributed by atoms with Crippen molar-refractivity contribution in [1.82, 2.24) is 0 Å². The van der Waals surface area contributed by atoms with E-state index in [0.717, 1.165) is 17.1 Å². The minimum atomic E-state index is 1.11. The Balaban J connectivity index is 1.26. The minimum absolute atomic E-state index is 1.11. The highest BCUT2D eigenvalue weighted by Crippen LogP contribution is 2.46. The van der Waals surface area contributed by atoms with Crippen LogP contribution in [0, 0.1) is 0 Å². The lowest BCUT2D eigenvalue weighted by molar-refractivity contribution is 1.30. The molecule has 9 aromatic rings. The van der Waals surface area contributed by atoms with Crippen molar-refractivity contribution in [2.75, 3.05) is 4.90 Å². The lowest BCUT2D eigenvalue weighted by Crippen LogP contribution is -2.11. The van der Waals surface area contributed by atoms with Crippen LogP contribution in [0.2, 0.25) is 0 Å². The monoisotopic (exact) mass is 623 g/mol. The topological polar surface area (TPSA) is 3.24 Å². The molecular formula is C48H33N. The molecule has 1 heteroatoms. The predicted molar refractivity (Wildman–Crippen MR) is 210 cm³/mol. The number of benzene rings is 9. The smallest absolute Gasteiger partial charge is 0.0540 e. The molecule has 0 amide bonds. The van der Waals surface area contributed by atoms with Gasteiger partial charge >= 0.3 is 0 Å². The summed E-state index contributed by atoms with van der Waals surface area (Å²) in [5.41, 5.74) is 10.6. The van der Waals surface area contributed by atoms with Crippen LogP contribution in [-0.2, 0) is 0 Å². The summed E-state index contributed by atoms with van der Waals surface area (Å²) < 4.78 is 0. The van der Waals surface area contributed by atoms with E-state index in [0.29, 0.717) is 0 Å². The molecule has 0 atom stereocenters. The van der Waals surface area contributed by atoms with E-state index in [1.807, 2.05) is 0 Å². The van der Waals surface area contributed by atoms with Crippen molar-refractivity contribution >= 4 is 49.4 Å². The number of nitrogens with zero attached hydrogens (tertiary/aromatic N) is 1. The van der Waals surface area contributed by atoms with Crippen LogP contribution in [0.5, 0.6) is 0 Å². The highest BCUT2D eigenvalue weighted by Gasteiger charge is 2.21. The summed E-state index contributed by atoms with van der Waals surface area (Å²) in [5, 5.41) is 7.41. The first-order chi connectivity index (χ1) is 24.3. The lowest BCUT2D eigenvalue weighted by atomic mass is 9.90. The van der Waals surface area contributed by atoms with Crippen LogP contribution < -0.4 is 4.90 Å². The van der Waals surface area contributed by atoms with Gasteiger partial charge in [0.15, 0.2) is 0 Å². The molecule has 0 aliphatic carbocycles. The summed E-state index contributed by atoms with van der Waals surface area (Å²) in [5.74, 6) is 0. The van der Waals surface area contributed by atoms with Crippen molar-refractivity contribution in [3.63, 3.8) is 0 Å². The molecule has 0 heterocycles.